The van der Waals surface area contributed by atoms with E-state index >= 15 is 0 Å². The van der Waals surface area contributed by atoms with E-state index in [4.69, 9.17) is 11.6 Å². The van der Waals surface area contributed by atoms with Gasteiger partial charge >= 0.3 is 0 Å². The third-order valence-electron chi connectivity index (χ3n) is 2.31. The zero-order chi connectivity index (χ0) is 13.0. The monoisotopic (exact) mass is 283 g/mol. The average molecular weight is 284 g/mol. The van der Waals surface area contributed by atoms with Gasteiger partial charge in [0.2, 0.25) is 0 Å². The number of aliphatic hydroxyl groups is 1. The third-order valence-corrected chi connectivity index (χ3v) is 3.31. The summed E-state index contributed by atoms with van der Waals surface area (Å²) >= 11 is 6.94. The van der Waals surface area contributed by atoms with Crippen LogP contribution in [0.15, 0.2) is 30.5 Å². The summed E-state index contributed by atoms with van der Waals surface area (Å²) in [6, 6.07) is 6.96. The van der Waals surface area contributed by atoms with Gasteiger partial charge in [0.1, 0.15) is 4.88 Å². The highest BCUT2D eigenvalue weighted by Gasteiger charge is 2.14. The highest BCUT2D eigenvalue weighted by molar-refractivity contribution is 7.07. The molecule has 1 atom stereocenters. The van der Waals surface area contributed by atoms with E-state index in [1.54, 1.807) is 24.3 Å². The fraction of sp³-hybridized carbons (Fsp3) is 0.182. The standard InChI is InChI=1S/C11H10ClN3O2S/c12-8-4-2-1-3-7(8)9(16)5-13-11(17)10-6-14-15-18-10/h1-4,6,9,16H,5H2,(H,13,17). The second kappa shape index (κ2) is 5.90. The number of carbonyl (C=O) groups is 1. The highest BCUT2D eigenvalue weighted by atomic mass is 35.5. The van der Waals surface area contributed by atoms with Gasteiger partial charge in [-0.25, -0.2) is 0 Å². The molecule has 0 aliphatic rings. The minimum absolute atomic E-state index is 0.0838. The predicted molar refractivity (Wildman–Crippen MR) is 68.7 cm³/mol. The zero-order valence-corrected chi connectivity index (χ0v) is 10.8. The largest absolute Gasteiger partial charge is 0.387 e. The van der Waals surface area contributed by atoms with Crippen LogP contribution in [-0.4, -0.2) is 27.1 Å². The van der Waals surface area contributed by atoms with Crippen molar-refractivity contribution in [3.63, 3.8) is 0 Å². The summed E-state index contributed by atoms with van der Waals surface area (Å²) in [7, 11) is 0. The van der Waals surface area contributed by atoms with Crippen molar-refractivity contribution in [2.45, 2.75) is 6.10 Å². The number of nitrogens with one attached hydrogen (secondary N) is 1. The molecule has 1 heterocycles. The summed E-state index contributed by atoms with van der Waals surface area (Å²) in [5, 5.41) is 16.6. The topological polar surface area (TPSA) is 75.1 Å². The number of aromatic nitrogens is 2. The summed E-state index contributed by atoms with van der Waals surface area (Å²) in [6.45, 7) is 0.0838. The number of hydrogen-bond acceptors (Lipinski definition) is 5. The first-order valence-electron chi connectivity index (χ1n) is 5.16. The molecule has 0 spiro atoms. The number of nitrogens with zero attached hydrogens (tertiary/aromatic N) is 2. The molecule has 18 heavy (non-hydrogen) atoms. The predicted octanol–water partition coefficient (Wildman–Crippen LogP) is 1.65. The Morgan fingerprint density at radius 2 is 2.28 bits per heavy atom. The summed E-state index contributed by atoms with van der Waals surface area (Å²) in [4.78, 5) is 12.0. The van der Waals surface area contributed by atoms with E-state index in [0.717, 1.165) is 11.5 Å². The molecule has 7 heteroatoms. The first kappa shape index (κ1) is 12.9. The lowest BCUT2D eigenvalue weighted by atomic mass is 10.1. The van der Waals surface area contributed by atoms with Gasteiger partial charge in [0, 0.05) is 17.1 Å². The fourth-order valence-corrected chi connectivity index (χ4v) is 2.09. The Balaban J connectivity index is 1.95. The van der Waals surface area contributed by atoms with Crippen molar-refractivity contribution in [2.75, 3.05) is 6.54 Å². The van der Waals surface area contributed by atoms with Crippen molar-refractivity contribution in [1.29, 1.82) is 0 Å². The fourth-order valence-electron chi connectivity index (χ4n) is 1.40. The van der Waals surface area contributed by atoms with Gasteiger partial charge in [0.25, 0.3) is 5.91 Å². The molecule has 0 saturated carbocycles. The quantitative estimate of drug-likeness (QED) is 0.895. The summed E-state index contributed by atoms with van der Waals surface area (Å²) in [6.07, 6.45) is 0.533. The molecule has 0 aliphatic heterocycles. The highest BCUT2D eigenvalue weighted by Crippen LogP contribution is 2.21. The normalized spacial score (nSPS) is 12.1. The van der Waals surface area contributed by atoms with E-state index in [9.17, 15) is 9.90 Å². The van der Waals surface area contributed by atoms with Gasteiger partial charge in [-0.05, 0) is 17.6 Å². The lowest BCUT2D eigenvalue weighted by Gasteiger charge is -2.12. The van der Waals surface area contributed by atoms with E-state index in [1.165, 1.54) is 6.20 Å². The molecular weight excluding hydrogens is 274 g/mol. The summed E-state index contributed by atoms with van der Waals surface area (Å²) < 4.78 is 3.59. The maximum atomic E-state index is 11.6. The molecule has 0 radical (unpaired) electrons. The van der Waals surface area contributed by atoms with E-state index in [-0.39, 0.29) is 12.5 Å². The van der Waals surface area contributed by atoms with Crippen molar-refractivity contribution in [2.24, 2.45) is 0 Å². The van der Waals surface area contributed by atoms with Crippen molar-refractivity contribution in [3.8, 4) is 0 Å². The molecule has 0 aliphatic carbocycles. The summed E-state index contributed by atoms with van der Waals surface area (Å²) in [5.74, 6) is -0.309. The second-order valence-corrected chi connectivity index (χ2v) is 4.72. The molecule has 2 N–H and O–H groups in total. The van der Waals surface area contributed by atoms with Crippen LogP contribution in [-0.2, 0) is 0 Å². The van der Waals surface area contributed by atoms with Crippen LogP contribution in [0.3, 0.4) is 0 Å². The number of benzene rings is 1. The Bertz CT molecular complexity index is 533. The van der Waals surface area contributed by atoms with E-state index < -0.39 is 6.10 Å². The van der Waals surface area contributed by atoms with Crippen molar-refractivity contribution >= 4 is 29.0 Å². The van der Waals surface area contributed by atoms with Gasteiger partial charge in [-0.15, -0.1) is 5.10 Å². The number of amides is 1. The molecular formula is C11H10ClN3O2S. The number of rotatable bonds is 4. The Labute approximate surface area is 113 Å². The molecule has 0 saturated heterocycles. The zero-order valence-electron chi connectivity index (χ0n) is 9.21. The molecule has 0 bridgehead atoms. The van der Waals surface area contributed by atoms with Gasteiger partial charge in [0.15, 0.2) is 0 Å². The number of halogens is 1. The Morgan fingerprint density at radius 3 is 2.94 bits per heavy atom. The van der Waals surface area contributed by atoms with Crippen LogP contribution < -0.4 is 5.32 Å². The van der Waals surface area contributed by atoms with Crippen LogP contribution in [0.5, 0.6) is 0 Å². The molecule has 0 fully saturated rings. The molecule has 1 aromatic carbocycles. The minimum atomic E-state index is -0.844. The van der Waals surface area contributed by atoms with Gasteiger partial charge < -0.3 is 10.4 Å². The second-order valence-electron chi connectivity index (χ2n) is 3.53. The number of carbonyl (C=O) groups excluding carboxylic acids is 1. The average Bonchev–Trinajstić information content (AvgIpc) is 2.90. The SMILES string of the molecule is O=C(NCC(O)c1ccccc1Cl)c1cnns1. The van der Waals surface area contributed by atoms with Crippen molar-refractivity contribution in [3.05, 3.63) is 45.9 Å². The van der Waals surface area contributed by atoms with Crippen molar-refractivity contribution in [1.82, 2.24) is 14.9 Å². The molecule has 1 unspecified atom stereocenters. The number of hydrogen-bond donors (Lipinski definition) is 2. The first-order chi connectivity index (χ1) is 8.68. The van der Waals surface area contributed by atoms with Gasteiger partial charge in [-0.1, -0.05) is 34.3 Å². The lowest BCUT2D eigenvalue weighted by Crippen LogP contribution is -2.27. The van der Waals surface area contributed by atoms with Crippen molar-refractivity contribution < 1.29 is 9.90 Å². The molecule has 5 nitrogen and oxygen atoms in total. The van der Waals surface area contributed by atoms with Crippen LogP contribution in [0.2, 0.25) is 5.02 Å². The van der Waals surface area contributed by atoms with Crippen LogP contribution in [0.25, 0.3) is 0 Å². The Morgan fingerprint density at radius 1 is 1.50 bits per heavy atom. The van der Waals surface area contributed by atoms with Gasteiger partial charge in [-0.2, -0.15) is 0 Å². The third kappa shape index (κ3) is 3.04. The first-order valence-corrected chi connectivity index (χ1v) is 6.31. The molecule has 94 valence electrons. The minimum Gasteiger partial charge on any atom is -0.387 e. The van der Waals surface area contributed by atoms with Gasteiger partial charge in [-0.3, -0.25) is 4.79 Å². The van der Waals surface area contributed by atoms with Crippen LogP contribution >= 0.6 is 23.1 Å². The number of aliphatic hydroxyl groups excluding tert-OH is 1. The molecule has 1 amide bonds. The Kier molecular flexibility index (Phi) is 4.24. The maximum absolute atomic E-state index is 11.6. The molecule has 1 aromatic heterocycles. The van der Waals surface area contributed by atoms with E-state index in [0.29, 0.717) is 15.5 Å². The molecule has 2 aromatic rings. The van der Waals surface area contributed by atoms with Gasteiger partial charge in [0.05, 0.1) is 12.3 Å². The van der Waals surface area contributed by atoms with E-state index in [1.807, 2.05) is 0 Å². The Hall–Kier alpha value is -1.50. The maximum Gasteiger partial charge on any atom is 0.264 e. The van der Waals surface area contributed by atoms with Crippen LogP contribution in [0.1, 0.15) is 21.3 Å². The lowest BCUT2D eigenvalue weighted by molar-refractivity contribution is 0.0920. The van der Waals surface area contributed by atoms with Crippen LogP contribution in [0, 0.1) is 0 Å². The van der Waals surface area contributed by atoms with E-state index in [2.05, 4.69) is 14.9 Å². The summed E-state index contributed by atoms with van der Waals surface area (Å²) in [5.41, 5.74) is 0.585. The smallest absolute Gasteiger partial charge is 0.264 e. The van der Waals surface area contributed by atoms with Crippen LogP contribution in [0.4, 0.5) is 0 Å². The molecule has 2 rings (SSSR count).